The molecule has 0 spiro atoms. The van der Waals surface area contributed by atoms with Gasteiger partial charge in [0.1, 0.15) is 17.3 Å². The van der Waals surface area contributed by atoms with E-state index >= 15 is 0 Å². The van der Waals surface area contributed by atoms with Gasteiger partial charge in [0.05, 0.1) is 21.2 Å². The molecule has 180 valence electrons. The maximum Gasteiger partial charge on any atom is 0.232 e. The molecule has 0 amide bonds. The predicted molar refractivity (Wildman–Crippen MR) is 136 cm³/mol. The molecule has 1 saturated heterocycles. The molecule has 1 fully saturated rings. The van der Waals surface area contributed by atoms with Crippen LogP contribution >= 0.6 is 23.2 Å². The number of carbonyl (C=O) groups is 1. The van der Waals surface area contributed by atoms with Crippen molar-refractivity contribution >= 4 is 40.7 Å². The fourth-order valence-electron chi connectivity index (χ4n) is 4.53. The van der Waals surface area contributed by atoms with Crippen LogP contribution in [0.3, 0.4) is 0 Å². The number of carbonyl (C=O) groups excluding carboxylic acids is 1. The second-order valence-electron chi connectivity index (χ2n) is 8.75. The summed E-state index contributed by atoms with van der Waals surface area (Å²) in [6.07, 6.45) is 1.63. The van der Waals surface area contributed by atoms with Gasteiger partial charge in [0.15, 0.2) is 5.76 Å². The number of fused-ring (bicyclic) bond motifs is 1. The second-order valence-corrected chi connectivity index (χ2v) is 9.56. The van der Waals surface area contributed by atoms with Gasteiger partial charge in [-0.1, -0.05) is 29.3 Å². The third-order valence-electron chi connectivity index (χ3n) is 6.41. The number of nitrogens with zero attached hydrogens (tertiary/aromatic N) is 2. The van der Waals surface area contributed by atoms with Crippen LogP contribution in [0.4, 0.5) is 10.1 Å². The molecular weight excluding hydrogens is 490 g/mol. The minimum absolute atomic E-state index is 0.103. The number of piperazine rings is 1. The van der Waals surface area contributed by atoms with E-state index < -0.39 is 0 Å². The van der Waals surface area contributed by atoms with Gasteiger partial charge >= 0.3 is 0 Å². The summed E-state index contributed by atoms with van der Waals surface area (Å²) in [5.41, 5.74) is 3.39. The molecule has 0 unspecified atom stereocenters. The van der Waals surface area contributed by atoms with Gasteiger partial charge in [-0.25, -0.2) is 4.39 Å². The van der Waals surface area contributed by atoms with Gasteiger partial charge in [-0.05, 0) is 66.6 Å². The Kier molecular flexibility index (Phi) is 6.45. The Labute approximate surface area is 212 Å². The minimum atomic E-state index is -0.252. The number of halogens is 3. The molecule has 0 saturated carbocycles. The number of Topliss-reactive ketones (excluding diaryl/α,β-unsaturated/α-hetero) is 1. The largest absolute Gasteiger partial charge is 0.507 e. The van der Waals surface area contributed by atoms with Crippen molar-refractivity contribution in [2.24, 2.45) is 0 Å². The number of allylic oxidation sites excluding steroid dienone is 1. The van der Waals surface area contributed by atoms with Crippen LogP contribution in [-0.2, 0) is 6.54 Å². The summed E-state index contributed by atoms with van der Waals surface area (Å²) in [4.78, 5) is 17.6. The lowest BCUT2D eigenvalue weighted by molar-refractivity contribution is 0.101. The molecule has 0 bridgehead atoms. The first-order valence-corrected chi connectivity index (χ1v) is 12.0. The predicted octanol–water partition coefficient (Wildman–Crippen LogP) is 6.08. The van der Waals surface area contributed by atoms with E-state index in [-0.39, 0.29) is 23.1 Å². The van der Waals surface area contributed by atoms with Gasteiger partial charge in [-0.3, -0.25) is 9.69 Å². The molecule has 35 heavy (non-hydrogen) atoms. The molecule has 3 aromatic rings. The SMILES string of the molecule is Cc1cc(O)c(CN2CCN(c3ccc(F)cc3)CC2)c2c1C(=O)/C(=C/c1ccc(Cl)c(Cl)c1)O2. The van der Waals surface area contributed by atoms with E-state index in [0.29, 0.717) is 44.6 Å². The zero-order valence-electron chi connectivity index (χ0n) is 19.0. The van der Waals surface area contributed by atoms with Crippen molar-refractivity contribution in [3.05, 3.63) is 92.4 Å². The van der Waals surface area contributed by atoms with Crippen molar-refractivity contribution < 1.29 is 19.0 Å². The monoisotopic (exact) mass is 512 g/mol. The van der Waals surface area contributed by atoms with Crippen molar-refractivity contribution in [2.45, 2.75) is 13.5 Å². The summed E-state index contributed by atoms with van der Waals surface area (Å²) in [5, 5.41) is 11.6. The van der Waals surface area contributed by atoms with Crippen LogP contribution in [0.15, 0.2) is 54.3 Å². The van der Waals surface area contributed by atoms with Gasteiger partial charge in [0.25, 0.3) is 0 Å². The highest BCUT2D eigenvalue weighted by Crippen LogP contribution is 2.42. The Bertz CT molecular complexity index is 1330. The molecule has 1 N–H and O–H groups in total. The van der Waals surface area contributed by atoms with Crippen molar-refractivity contribution in [1.29, 1.82) is 0 Å². The molecular formula is C27H23Cl2FN2O3. The van der Waals surface area contributed by atoms with Crippen LogP contribution < -0.4 is 9.64 Å². The molecule has 3 aromatic carbocycles. The zero-order chi connectivity index (χ0) is 24.7. The number of benzene rings is 3. The van der Waals surface area contributed by atoms with Crippen LogP contribution in [0.25, 0.3) is 6.08 Å². The normalized spacial score (nSPS) is 17.1. The summed E-state index contributed by atoms with van der Waals surface area (Å²) < 4.78 is 19.3. The molecule has 2 heterocycles. The van der Waals surface area contributed by atoms with E-state index in [4.69, 9.17) is 27.9 Å². The Morgan fingerprint density at radius 1 is 1.03 bits per heavy atom. The quantitative estimate of drug-likeness (QED) is 0.429. The Hall–Kier alpha value is -3.06. The number of hydrogen-bond acceptors (Lipinski definition) is 5. The van der Waals surface area contributed by atoms with Crippen LogP contribution in [0.5, 0.6) is 11.5 Å². The number of aromatic hydroxyl groups is 1. The fourth-order valence-corrected chi connectivity index (χ4v) is 4.83. The third kappa shape index (κ3) is 4.74. The topological polar surface area (TPSA) is 53.0 Å². The number of anilines is 1. The molecule has 0 aromatic heterocycles. The van der Waals surface area contributed by atoms with Crippen molar-refractivity contribution in [3.63, 3.8) is 0 Å². The highest BCUT2D eigenvalue weighted by Gasteiger charge is 2.34. The average Bonchev–Trinajstić information content (AvgIpc) is 3.16. The van der Waals surface area contributed by atoms with E-state index in [2.05, 4.69) is 9.80 Å². The number of hydrogen-bond donors (Lipinski definition) is 1. The van der Waals surface area contributed by atoms with Gasteiger partial charge < -0.3 is 14.7 Å². The van der Waals surface area contributed by atoms with Crippen molar-refractivity contribution in [2.75, 3.05) is 31.1 Å². The number of phenols is 1. The van der Waals surface area contributed by atoms with E-state index in [1.807, 2.05) is 0 Å². The molecule has 0 atom stereocenters. The highest BCUT2D eigenvalue weighted by atomic mass is 35.5. The molecule has 5 nitrogen and oxygen atoms in total. The first kappa shape index (κ1) is 23.7. The summed E-state index contributed by atoms with van der Waals surface area (Å²) >= 11 is 12.1. The Balaban J connectivity index is 1.36. The van der Waals surface area contributed by atoms with E-state index in [1.54, 1.807) is 49.4 Å². The van der Waals surface area contributed by atoms with E-state index in [1.165, 1.54) is 12.1 Å². The summed E-state index contributed by atoms with van der Waals surface area (Å²) in [6.45, 7) is 5.26. The number of aryl methyl sites for hydroxylation is 1. The van der Waals surface area contributed by atoms with Gasteiger partial charge in [0.2, 0.25) is 5.78 Å². The minimum Gasteiger partial charge on any atom is -0.507 e. The third-order valence-corrected chi connectivity index (χ3v) is 7.15. The lowest BCUT2D eigenvalue weighted by Crippen LogP contribution is -2.46. The number of rotatable bonds is 4. The van der Waals surface area contributed by atoms with Crippen LogP contribution in [-0.4, -0.2) is 42.0 Å². The molecule has 0 radical (unpaired) electrons. The molecule has 0 aliphatic carbocycles. The number of ketones is 1. The standard InChI is InChI=1S/C27H23Cl2FN2O3/c1-16-12-23(33)20(15-31-8-10-32(11-9-31)19-5-3-18(30)4-6-19)27-25(16)26(34)24(35-27)14-17-2-7-21(28)22(29)13-17/h2-7,12-14,33H,8-11,15H2,1H3/b24-14-. The van der Waals surface area contributed by atoms with Gasteiger partial charge in [-0.15, -0.1) is 0 Å². The van der Waals surface area contributed by atoms with Crippen LogP contribution in [0, 0.1) is 12.7 Å². The molecule has 5 rings (SSSR count). The van der Waals surface area contributed by atoms with Crippen LogP contribution in [0.1, 0.15) is 27.0 Å². The fraction of sp³-hybridized carbons (Fsp3) is 0.222. The number of ether oxygens (including phenoxy) is 1. The van der Waals surface area contributed by atoms with E-state index in [9.17, 15) is 14.3 Å². The molecule has 2 aliphatic rings. The molecule has 8 heteroatoms. The lowest BCUT2D eigenvalue weighted by atomic mass is 9.99. The summed E-state index contributed by atoms with van der Waals surface area (Å²) in [5.74, 6) is 0.198. The van der Waals surface area contributed by atoms with E-state index in [0.717, 1.165) is 31.9 Å². The first-order valence-electron chi connectivity index (χ1n) is 11.3. The highest BCUT2D eigenvalue weighted by molar-refractivity contribution is 6.42. The molecule has 2 aliphatic heterocycles. The van der Waals surface area contributed by atoms with Crippen molar-refractivity contribution in [1.82, 2.24) is 4.90 Å². The second kappa shape index (κ2) is 9.53. The van der Waals surface area contributed by atoms with Crippen LogP contribution in [0.2, 0.25) is 10.0 Å². The maximum absolute atomic E-state index is 13.2. The van der Waals surface area contributed by atoms with Gasteiger partial charge in [0, 0.05) is 38.4 Å². The summed E-state index contributed by atoms with van der Waals surface area (Å²) in [7, 11) is 0. The summed E-state index contributed by atoms with van der Waals surface area (Å²) in [6, 6.07) is 13.2. The van der Waals surface area contributed by atoms with Crippen molar-refractivity contribution in [3.8, 4) is 11.5 Å². The maximum atomic E-state index is 13.2. The van der Waals surface area contributed by atoms with Gasteiger partial charge in [-0.2, -0.15) is 0 Å². The zero-order valence-corrected chi connectivity index (χ0v) is 20.5. The number of phenolic OH excluding ortho intramolecular Hbond substituents is 1. The lowest BCUT2D eigenvalue weighted by Gasteiger charge is -2.36. The average molecular weight is 513 g/mol. The Morgan fingerprint density at radius 3 is 2.43 bits per heavy atom. The Morgan fingerprint density at radius 2 is 1.74 bits per heavy atom. The smallest absolute Gasteiger partial charge is 0.232 e. The first-order chi connectivity index (χ1) is 16.8.